The minimum absolute atomic E-state index is 0.0478. The number of anilines is 3. The second kappa shape index (κ2) is 10.9. The number of pyridine rings is 1. The van der Waals surface area contributed by atoms with Gasteiger partial charge in [0, 0.05) is 50.1 Å². The zero-order valence-electron chi connectivity index (χ0n) is 24.0. The number of allylic oxidation sites excluding steroid dienone is 1. The molecule has 0 saturated carbocycles. The molecule has 2 aromatic carbocycles. The maximum Gasteiger partial charge on any atom is 0.242 e. The van der Waals surface area contributed by atoms with Crippen molar-refractivity contribution < 1.29 is 14.3 Å². The molecular weight excluding hydrogens is 514 g/mol. The Balaban J connectivity index is 1.36. The van der Waals surface area contributed by atoms with Gasteiger partial charge in [0.05, 0.1) is 31.1 Å². The zero-order chi connectivity index (χ0) is 28.6. The minimum atomic E-state index is -0.408. The molecule has 3 heterocycles. The number of rotatable bonds is 5. The van der Waals surface area contributed by atoms with E-state index >= 15 is 0 Å². The van der Waals surface area contributed by atoms with Crippen LogP contribution in [0.4, 0.5) is 17.2 Å². The van der Waals surface area contributed by atoms with E-state index in [0.717, 1.165) is 59.3 Å². The van der Waals surface area contributed by atoms with Crippen LogP contribution in [0.15, 0.2) is 84.2 Å². The number of aromatic nitrogens is 1. The number of fused-ring (bicyclic) bond motifs is 1. The quantitative estimate of drug-likeness (QED) is 0.475. The average molecular weight is 552 g/mol. The Morgan fingerprint density at radius 2 is 1.71 bits per heavy atom. The van der Waals surface area contributed by atoms with Crippen LogP contribution >= 0.6 is 0 Å². The van der Waals surface area contributed by atoms with E-state index in [0.29, 0.717) is 19.5 Å². The predicted octanol–water partition coefficient (Wildman–Crippen LogP) is 5.06. The molecule has 0 spiro atoms. The number of hydrogen-bond acceptors (Lipinski definition) is 7. The van der Waals surface area contributed by atoms with Crippen molar-refractivity contribution in [2.24, 2.45) is 5.41 Å². The summed E-state index contributed by atoms with van der Waals surface area (Å²) < 4.78 is 5.43. The Kier molecular flexibility index (Phi) is 7.15. The lowest BCUT2D eigenvalue weighted by Gasteiger charge is -2.40. The molecule has 1 atom stereocenters. The second-order valence-corrected chi connectivity index (χ2v) is 11.8. The van der Waals surface area contributed by atoms with Gasteiger partial charge < -0.3 is 24.8 Å². The Morgan fingerprint density at radius 1 is 0.976 bits per heavy atom. The molecular formula is C33H37N5O3. The maximum atomic E-state index is 14.0. The summed E-state index contributed by atoms with van der Waals surface area (Å²) in [7, 11) is 1.65. The molecule has 2 aliphatic heterocycles. The second-order valence-electron chi connectivity index (χ2n) is 11.8. The number of benzene rings is 2. The van der Waals surface area contributed by atoms with Crippen molar-refractivity contribution in [2.75, 3.05) is 55.0 Å². The van der Waals surface area contributed by atoms with Crippen LogP contribution in [0.3, 0.4) is 0 Å². The molecule has 1 N–H and O–H groups in total. The lowest BCUT2D eigenvalue weighted by molar-refractivity contribution is -0.130. The molecule has 0 bridgehead atoms. The van der Waals surface area contributed by atoms with Crippen molar-refractivity contribution in [3.8, 4) is 5.75 Å². The van der Waals surface area contributed by atoms with Crippen LogP contribution < -0.4 is 19.9 Å². The SMILES string of the molecule is COc1ccc(C2C3=C(CC(C)(C)CC3=O)Nc3ccccc3N2CC(=O)N2CCN(c3ccccn3)CC2)cc1. The summed E-state index contributed by atoms with van der Waals surface area (Å²) in [5.74, 6) is 1.86. The number of nitrogens with one attached hydrogen (secondary N) is 1. The van der Waals surface area contributed by atoms with Gasteiger partial charge in [-0.1, -0.05) is 44.2 Å². The molecule has 8 nitrogen and oxygen atoms in total. The third kappa shape index (κ3) is 5.38. The van der Waals surface area contributed by atoms with E-state index < -0.39 is 6.04 Å². The van der Waals surface area contributed by atoms with E-state index in [1.54, 1.807) is 13.3 Å². The standard InChI is InChI=1S/C33H37N5O3/c1-33(2)20-26-31(28(39)21-33)32(23-11-13-24(41-3)14-12-23)38(27-9-5-4-8-25(27)35-26)22-30(40)37-18-16-36(17-19-37)29-10-6-7-15-34-29/h4-15,32,35H,16-22H2,1-3H3. The molecule has 212 valence electrons. The molecule has 41 heavy (non-hydrogen) atoms. The first-order chi connectivity index (χ1) is 19.8. The summed E-state index contributed by atoms with van der Waals surface area (Å²) in [4.78, 5) is 38.6. The van der Waals surface area contributed by atoms with Gasteiger partial charge in [-0.15, -0.1) is 0 Å². The third-order valence-electron chi connectivity index (χ3n) is 8.35. The molecule has 1 fully saturated rings. The molecule has 1 amide bonds. The first kappa shape index (κ1) is 26.9. The van der Waals surface area contributed by atoms with Crippen LogP contribution in [0.2, 0.25) is 0 Å². The van der Waals surface area contributed by atoms with Gasteiger partial charge >= 0.3 is 0 Å². The van der Waals surface area contributed by atoms with Gasteiger partial charge in [-0.05, 0) is 53.8 Å². The van der Waals surface area contributed by atoms with Crippen molar-refractivity contribution in [2.45, 2.75) is 32.7 Å². The number of ether oxygens (including phenoxy) is 1. The number of amides is 1. The van der Waals surface area contributed by atoms with E-state index in [9.17, 15) is 9.59 Å². The summed E-state index contributed by atoms with van der Waals surface area (Å²) in [6.07, 6.45) is 3.02. The lowest BCUT2D eigenvalue weighted by Crippen LogP contribution is -2.52. The van der Waals surface area contributed by atoms with E-state index in [2.05, 4.69) is 33.9 Å². The smallest absolute Gasteiger partial charge is 0.242 e. The Hall–Kier alpha value is -4.33. The highest BCUT2D eigenvalue weighted by Gasteiger charge is 2.42. The van der Waals surface area contributed by atoms with Crippen LogP contribution in [0.1, 0.15) is 38.3 Å². The summed E-state index contributed by atoms with van der Waals surface area (Å²) in [6, 6.07) is 21.4. The summed E-state index contributed by atoms with van der Waals surface area (Å²) >= 11 is 0. The molecule has 1 aliphatic carbocycles. The lowest BCUT2D eigenvalue weighted by atomic mass is 9.73. The summed E-state index contributed by atoms with van der Waals surface area (Å²) in [5, 5.41) is 3.63. The van der Waals surface area contributed by atoms with E-state index in [1.807, 2.05) is 71.6 Å². The van der Waals surface area contributed by atoms with Crippen molar-refractivity contribution in [1.82, 2.24) is 9.88 Å². The van der Waals surface area contributed by atoms with Crippen molar-refractivity contribution in [1.29, 1.82) is 0 Å². The topological polar surface area (TPSA) is 78.0 Å². The van der Waals surface area contributed by atoms with Crippen molar-refractivity contribution in [3.63, 3.8) is 0 Å². The van der Waals surface area contributed by atoms with Gasteiger partial charge in [0.2, 0.25) is 5.91 Å². The molecule has 1 saturated heterocycles. The largest absolute Gasteiger partial charge is 0.497 e. The van der Waals surface area contributed by atoms with Gasteiger partial charge in [-0.2, -0.15) is 0 Å². The number of nitrogens with zero attached hydrogens (tertiary/aromatic N) is 4. The first-order valence-corrected chi connectivity index (χ1v) is 14.3. The highest BCUT2D eigenvalue weighted by molar-refractivity contribution is 6.02. The van der Waals surface area contributed by atoms with Crippen LogP contribution in [0.5, 0.6) is 5.75 Å². The number of piperazine rings is 1. The van der Waals surface area contributed by atoms with Crippen molar-refractivity contribution in [3.05, 3.63) is 89.8 Å². The number of methoxy groups -OCH3 is 1. The molecule has 1 aromatic heterocycles. The Bertz CT molecular complexity index is 1460. The number of ketones is 1. The molecule has 1 unspecified atom stereocenters. The monoisotopic (exact) mass is 551 g/mol. The van der Waals surface area contributed by atoms with Crippen molar-refractivity contribution >= 4 is 28.9 Å². The van der Waals surface area contributed by atoms with E-state index in [-0.39, 0.29) is 23.7 Å². The summed E-state index contributed by atoms with van der Waals surface area (Å²) in [5.41, 5.74) is 4.32. The third-order valence-corrected chi connectivity index (χ3v) is 8.35. The zero-order valence-corrected chi connectivity index (χ0v) is 24.0. The van der Waals surface area contributed by atoms with Gasteiger partial charge in [-0.3, -0.25) is 9.59 Å². The van der Waals surface area contributed by atoms with Gasteiger partial charge in [0.1, 0.15) is 11.6 Å². The molecule has 3 aromatic rings. The number of hydrogen-bond donors (Lipinski definition) is 1. The van der Waals surface area contributed by atoms with Gasteiger partial charge in [0.25, 0.3) is 0 Å². The summed E-state index contributed by atoms with van der Waals surface area (Å²) in [6.45, 7) is 7.14. The maximum absolute atomic E-state index is 14.0. The van der Waals surface area contributed by atoms with Gasteiger partial charge in [0.15, 0.2) is 5.78 Å². The Morgan fingerprint density at radius 3 is 2.41 bits per heavy atom. The highest BCUT2D eigenvalue weighted by atomic mass is 16.5. The number of Topliss-reactive ketones (excluding diaryl/α,β-unsaturated/α-hetero) is 1. The fraction of sp³-hybridized carbons (Fsp3) is 0.364. The average Bonchev–Trinajstić information content (AvgIpc) is 3.11. The fourth-order valence-corrected chi connectivity index (χ4v) is 6.33. The van der Waals surface area contributed by atoms with E-state index in [1.165, 1.54) is 0 Å². The molecule has 6 rings (SSSR count). The normalized spacial score (nSPS) is 20.1. The fourth-order valence-electron chi connectivity index (χ4n) is 6.33. The van der Waals surface area contributed by atoms with Gasteiger partial charge in [-0.25, -0.2) is 4.98 Å². The van der Waals surface area contributed by atoms with Crippen LogP contribution in [-0.4, -0.2) is 61.4 Å². The molecule has 3 aliphatic rings. The highest BCUT2D eigenvalue weighted by Crippen LogP contribution is 2.48. The number of carbonyl (C=O) groups is 2. The number of para-hydroxylation sites is 2. The number of carbonyl (C=O) groups excluding carboxylic acids is 2. The van der Waals surface area contributed by atoms with Crippen LogP contribution in [0.25, 0.3) is 0 Å². The Labute approximate surface area is 241 Å². The van der Waals surface area contributed by atoms with Crippen LogP contribution in [0, 0.1) is 5.41 Å². The predicted molar refractivity (Wildman–Crippen MR) is 161 cm³/mol. The first-order valence-electron chi connectivity index (χ1n) is 14.3. The molecule has 8 heteroatoms. The minimum Gasteiger partial charge on any atom is -0.497 e. The van der Waals surface area contributed by atoms with Crippen LogP contribution in [-0.2, 0) is 9.59 Å². The molecule has 0 radical (unpaired) electrons. The van der Waals surface area contributed by atoms with E-state index in [4.69, 9.17) is 4.74 Å².